The molecule has 1 saturated heterocycles. The van der Waals surface area contributed by atoms with Gasteiger partial charge in [-0.25, -0.2) is 9.78 Å². The summed E-state index contributed by atoms with van der Waals surface area (Å²) in [7, 11) is 0.958. The summed E-state index contributed by atoms with van der Waals surface area (Å²) in [6, 6.07) is 6.95. The predicted octanol–water partition coefficient (Wildman–Crippen LogP) is 3.06. The minimum absolute atomic E-state index is 0.254. The molecule has 1 aromatic carbocycles. The van der Waals surface area contributed by atoms with Gasteiger partial charge in [0.05, 0.1) is 23.9 Å². The Balaban J connectivity index is 2.04. The largest absolute Gasteiger partial charge is 0.500 e. The average molecular weight is 369 g/mol. The van der Waals surface area contributed by atoms with Crippen molar-refractivity contribution in [1.29, 1.82) is 0 Å². The van der Waals surface area contributed by atoms with Gasteiger partial charge in [-0.1, -0.05) is 6.07 Å². The fraction of sp³-hybridized carbons (Fsp3) is 0.400. The topological polar surface area (TPSA) is 77.9 Å². The zero-order valence-electron chi connectivity index (χ0n) is 16.5. The number of rotatable bonds is 4. The van der Waals surface area contributed by atoms with Crippen molar-refractivity contribution in [3.63, 3.8) is 0 Å². The van der Waals surface area contributed by atoms with Crippen LogP contribution in [0, 0.1) is 6.92 Å². The summed E-state index contributed by atoms with van der Waals surface area (Å²) in [5, 5.41) is 9.16. The molecule has 1 aliphatic heterocycles. The normalized spacial score (nSPS) is 17.8. The highest BCUT2D eigenvalue weighted by Crippen LogP contribution is 2.37. The van der Waals surface area contributed by atoms with Gasteiger partial charge in [-0.3, -0.25) is 0 Å². The third kappa shape index (κ3) is 3.45. The van der Waals surface area contributed by atoms with Crippen molar-refractivity contribution in [2.75, 3.05) is 7.11 Å². The second-order valence-electron chi connectivity index (χ2n) is 7.75. The fourth-order valence-corrected chi connectivity index (χ4v) is 3.05. The molecule has 27 heavy (non-hydrogen) atoms. The van der Waals surface area contributed by atoms with Crippen LogP contribution in [0.5, 0.6) is 5.88 Å². The number of hydrogen-bond donors (Lipinski definition) is 1. The number of aromatic carboxylic acids is 1. The van der Waals surface area contributed by atoms with Gasteiger partial charge in [0, 0.05) is 17.2 Å². The Bertz CT molecular complexity index is 878. The summed E-state index contributed by atoms with van der Waals surface area (Å²) in [6.45, 7) is 9.84. The Morgan fingerprint density at radius 2 is 1.78 bits per heavy atom. The number of carboxylic acids is 1. The van der Waals surface area contributed by atoms with Crippen molar-refractivity contribution in [2.24, 2.45) is 0 Å². The van der Waals surface area contributed by atoms with Crippen molar-refractivity contribution in [1.82, 2.24) is 4.98 Å². The van der Waals surface area contributed by atoms with Crippen LogP contribution >= 0.6 is 0 Å². The van der Waals surface area contributed by atoms with Crippen LogP contribution in [0.1, 0.15) is 43.6 Å². The Hall–Kier alpha value is -2.38. The van der Waals surface area contributed by atoms with Crippen LogP contribution in [-0.2, 0) is 9.31 Å². The lowest BCUT2D eigenvalue weighted by Crippen LogP contribution is -2.41. The summed E-state index contributed by atoms with van der Waals surface area (Å²) in [6.07, 6.45) is 1.70. The highest BCUT2D eigenvalue weighted by atomic mass is 16.7. The minimum atomic E-state index is -0.949. The molecule has 142 valence electrons. The van der Waals surface area contributed by atoms with Gasteiger partial charge in [0.25, 0.3) is 0 Å². The van der Waals surface area contributed by atoms with Crippen molar-refractivity contribution in [2.45, 2.75) is 45.8 Å². The number of carboxylic acid groups (broad SMARTS) is 1. The molecule has 0 atom stereocenters. The molecule has 1 aliphatic rings. The van der Waals surface area contributed by atoms with Crippen LogP contribution in [-0.4, -0.2) is 41.5 Å². The summed E-state index contributed by atoms with van der Waals surface area (Å²) in [4.78, 5) is 15.6. The van der Waals surface area contributed by atoms with Crippen LogP contribution in [0.15, 0.2) is 30.5 Å². The van der Waals surface area contributed by atoms with E-state index in [4.69, 9.17) is 19.2 Å². The van der Waals surface area contributed by atoms with E-state index >= 15 is 0 Å². The molecular weight excluding hydrogens is 345 g/mol. The molecule has 0 bridgehead atoms. The van der Waals surface area contributed by atoms with Gasteiger partial charge in [0.1, 0.15) is 0 Å². The number of benzene rings is 1. The summed E-state index contributed by atoms with van der Waals surface area (Å²) in [5.74, 6) is -0.507. The zero-order chi connectivity index (χ0) is 20.0. The van der Waals surface area contributed by atoms with Gasteiger partial charge in [-0.2, -0.15) is 0 Å². The summed E-state index contributed by atoms with van der Waals surface area (Å²) < 4.78 is 17.7. The van der Waals surface area contributed by atoms with E-state index in [1.807, 2.05) is 40.7 Å². The average Bonchev–Trinajstić information content (AvgIpc) is 2.81. The molecule has 1 fully saturated rings. The number of hydrogen-bond acceptors (Lipinski definition) is 5. The van der Waals surface area contributed by atoms with E-state index in [0.717, 1.165) is 16.7 Å². The monoisotopic (exact) mass is 369 g/mol. The second-order valence-corrected chi connectivity index (χ2v) is 7.75. The highest BCUT2D eigenvalue weighted by Gasteiger charge is 2.52. The summed E-state index contributed by atoms with van der Waals surface area (Å²) in [5.41, 5.74) is 2.60. The molecule has 6 nitrogen and oxygen atoms in total. The molecule has 2 aromatic rings. The van der Waals surface area contributed by atoms with E-state index in [1.54, 1.807) is 31.5 Å². The maximum atomic E-state index is 11.2. The first-order valence-electron chi connectivity index (χ1n) is 8.79. The Morgan fingerprint density at radius 1 is 1.15 bits per heavy atom. The van der Waals surface area contributed by atoms with Crippen molar-refractivity contribution in [3.05, 3.63) is 41.6 Å². The molecule has 1 aromatic heterocycles. The highest BCUT2D eigenvalue weighted by molar-refractivity contribution is 6.63. The van der Waals surface area contributed by atoms with Gasteiger partial charge in [-0.05, 0) is 63.9 Å². The number of aryl methyl sites for hydroxylation is 1. The Morgan fingerprint density at radius 3 is 2.30 bits per heavy atom. The molecule has 0 unspecified atom stereocenters. The van der Waals surface area contributed by atoms with E-state index in [1.165, 1.54) is 0 Å². The molecule has 0 spiro atoms. The van der Waals surface area contributed by atoms with E-state index in [-0.39, 0.29) is 5.56 Å². The molecule has 0 saturated carbocycles. The number of pyridine rings is 1. The Kier molecular flexibility index (Phi) is 4.78. The maximum absolute atomic E-state index is 11.2. The van der Waals surface area contributed by atoms with E-state index < -0.39 is 24.3 Å². The van der Waals surface area contributed by atoms with Crippen molar-refractivity contribution < 1.29 is 23.9 Å². The first-order chi connectivity index (χ1) is 12.6. The molecule has 0 aliphatic carbocycles. The molecule has 0 amide bonds. The van der Waals surface area contributed by atoms with Crippen LogP contribution < -0.4 is 10.2 Å². The predicted molar refractivity (Wildman–Crippen MR) is 104 cm³/mol. The lowest BCUT2D eigenvalue weighted by molar-refractivity contribution is 0.00578. The van der Waals surface area contributed by atoms with Gasteiger partial charge in [0.15, 0.2) is 0 Å². The minimum Gasteiger partial charge on any atom is -0.481 e. The molecular formula is C20H24BNO5. The van der Waals surface area contributed by atoms with E-state index in [9.17, 15) is 4.79 Å². The van der Waals surface area contributed by atoms with Crippen LogP contribution in [0.3, 0.4) is 0 Å². The number of carbonyl (C=O) groups is 1. The van der Waals surface area contributed by atoms with Crippen LogP contribution in [0.2, 0.25) is 0 Å². The van der Waals surface area contributed by atoms with Crippen molar-refractivity contribution in [3.8, 4) is 17.0 Å². The number of nitrogens with zero attached hydrogens (tertiary/aromatic N) is 1. The number of aromatic nitrogens is 1. The smallest absolute Gasteiger partial charge is 0.481 e. The lowest BCUT2D eigenvalue weighted by Gasteiger charge is -2.32. The molecule has 1 N–H and O–H groups in total. The number of methoxy groups -OCH3 is 1. The zero-order valence-corrected chi connectivity index (χ0v) is 16.5. The van der Waals surface area contributed by atoms with Gasteiger partial charge in [-0.15, -0.1) is 0 Å². The molecule has 2 heterocycles. The first kappa shape index (κ1) is 19.4. The number of ether oxygens (including phenoxy) is 1. The quantitative estimate of drug-likeness (QED) is 0.835. The van der Waals surface area contributed by atoms with Crippen LogP contribution in [0.25, 0.3) is 11.1 Å². The van der Waals surface area contributed by atoms with Gasteiger partial charge in [0.2, 0.25) is 5.88 Å². The maximum Gasteiger partial charge on any atom is 0.500 e. The molecule has 3 rings (SSSR count). The van der Waals surface area contributed by atoms with Gasteiger partial charge >= 0.3 is 13.1 Å². The first-order valence-corrected chi connectivity index (χ1v) is 8.79. The molecule has 0 radical (unpaired) electrons. The Labute approximate surface area is 159 Å². The second kappa shape index (κ2) is 6.66. The van der Waals surface area contributed by atoms with Gasteiger partial charge < -0.3 is 19.2 Å². The standard InChI is InChI=1S/C20H24BNO5/c1-12-9-13(18(23)24)7-8-15(12)14-10-16(17(25-6)22-11-14)21-26-19(2,3)20(4,5)27-21/h7-11H,1-6H3,(H,23,24). The third-order valence-corrected chi connectivity index (χ3v) is 5.36. The molecule has 7 heteroatoms. The SMILES string of the molecule is COc1ncc(-c2ccc(C(=O)O)cc2C)cc1B1OC(C)(C)C(C)(C)O1. The van der Waals surface area contributed by atoms with E-state index in [2.05, 4.69) is 4.98 Å². The lowest BCUT2D eigenvalue weighted by atomic mass is 9.78. The van der Waals surface area contributed by atoms with Crippen LogP contribution in [0.4, 0.5) is 0 Å². The fourth-order valence-electron chi connectivity index (χ4n) is 3.05. The summed E-state index contributed by atoms with van der Waals surface area (Å²) >= 11 is 0. The third-order valence-electron chi connectivity index (χ3n) is 5.36. The van der Waals surface area contributed by atoms with Crippen molar-refractivity contribution >= 4 is 18.6 Å². The van der Waals surface area contributed by atoms with E-state index in [0.29, 0.717) is 11.3 Å².